The van der Waals surface area contributed by atoms with Crippen LogP contribution in [0.15, 0.2) is 52.2 Å². The third-order valence-electron chi connectivity index (χ3n) is 3.72. The van der Waals surface area contributed by atoms with Crippen LogP contribution in [0.3, 0.4) is 0 Å². The first-order valence-corrected chi connectivity index (χ1v) is 8.83. The fourth-order valence-corrected chi connectivity index (χ4v) is 2.84. The monoisotopic (exact) mass is 367 g/mol. The molecule has 3 aromatic heterocycles. The summed E-state index contributed by atoms with van der Waals surface area (Å²) in [5.41, 5.74) is 1.63. The molecule has 3 heterocycles. The summed E-state index contributed by atoms with van der Waals surface area (Å²) in [7, 11) is 1.59. The topological polar surface area (TPSA) is 95.9 Å². The van der Waals surface area contributed by atoms with Gasteiger partial charge in [-0.3, -0.25) is 4.79 Å². The van der Waals surface area contributed by atoms with Gasteiger partial charge in [-0.15, -0.1) is 5.10 Å². The van der Waals surface area contributed by atoms with Gasteiger partial charge in [0.25, 0.3) is 0 Å². The second kappa shape index (κ2) is 6.60. The van der Waals surface area contributed by atoms with E-state index in [1.54, 1.807) is 36.1 Å². The Balaban J connectivity index is 1.84. The average molecular weight is 367 g/mol. The molecule has 0 saturated carbocycles. The molecular formula is C17H13N5O3S. The maximum atomic E-state index is 12.6. The third-order valence-corrected chi connectivity index (χ3v) is 4.27. The van der Waals surface area contributed by atoms with Crippen LogP contribution < -0.4 is 4.74 Å². The summed E-state index contributed by atoms with van der Waals surface area (Å²) in [4.78, 5) is 21.3. The van der Waals surface area contributed by atoms with E-state index in [0.717, 1.165) is 5.52 Å². The van der Waals surface area contributed by atoms with Crippen LogP contribution >= 0.6 is 11.8 Å². The van der Waals surface area contributed by atoms with Crippen molar-refractivity contribution in [3.8, 4) is 11.6 Å². The van der Waals surface area contributed by atoms with Crippen molar-refractivity contribution in [2.24, 2.45) is 0 Å². The molecule has 0 amide bonds. The van der Waals surface area contributed by atoms with Crippen LogP contribution in [0.4, 0.5) is 0 Å². The second-order valence-electron chi connectivity index (χ2n) is 5.26. The predicted molar refractivity (Wildman–Crippen MR) is 94.9 cm³/mol. The molecule has 26 heavy (non-hydrogen) atoms. The Hall–Kier alpha value is -3.20. The molecule has 0 N–H and O–H groups in total. The number of ether oxygens (including phenoxy) is 1. The van der Waals surface area contributed by atoms with Crippen molar-refractivity contribution < 1.29 is 13.9 Å². The number of hydrogen-bond donors (Lipinski definition) is 0. The summed E-state index contributed by atoms with van der Waals surface area (Å²) in [5, 5.41) is 8.76. The van der Waals surface area contributed by atoms with E-state index in [2.05, 4.69) is 20.3 Å². The van der Waals surface area contributed by atoms with Gasteiger partial charge < -0.3 is 9.15 Å². The maximum Gasteiger partial charge on any atom is 0.246 e. The van der Waals surface area contributed by atoms with Crippen molar-refractivity contribution in [2.45, 2.75) is 5.16 Å². The molecule has 0 spiro atoms. The molecule has 1 aromatic carbocycles. The van der Waals surface area contributed by atoms with Gasteiger partial charge in [0, 0.05) is 12.1 Å². The van der Waals surface area contributed by atoms with Gasteiger partial charge in [-0.25, -0.2) is 9.97 Å². The Labute approximate surface area is 152 Å². The summed E-state index contributed by atoms with van der Waals surface area (Å²) >= 11 is 1.33. The first-order valence-electron chi connectivity index (χ1n) is 7.60. The SMILES string of the molecule is COc1ccc2c(c1)nnn2-c1cc(C(=O)c2ccco2)nc(SC)n1. The van der Waals surface area contributed by atoms with Crippen molar-refractivity contribution in [1.29, 1.82) is 0 Å². The number of fused-ring (bicyclic) bond motifs is 1. The standard InChI is InChI=1S/C17H13N5O3S/c1-24-10-5-6-13-11(8-10)20-21-22(13)15-9-12(18-17(19-15)26-2)16(23)14-4-3-7-25-14/h3-9H,1-2H3. The van der Waals surface area contributed by atoms with E-state index in [9.17, 15) is 4.79 Å². The average Bonchev–Trinajstić information content (AvgIpc) is 3.36. The van der Waals surface area contributed by atoms with E-state index >= 15 is 0 Å². The smallest absolute Gasteiger partial charge is 0.246 e. The fraction of sp³-hybridized carbons (Fsp3) is 0.118. The number of nitrogens with zero attached hydrogens (tertiary/aromatic N) is 5. The van der Waals surface area contributed by atoms with Crippen LogP contribution in [0.1, 0.15) is 16.2 Å². The molecule has 0 aliphatic rings. The van der Waals surface area contributed by atoms with Gasteiger partial charge in [0.1, 0.15) is 17.0 Å². The molecule has 0 saturated heterocycles. The van der Waals surface area contributed by atoms with E-state index < -0.39 is 0 Å². The predicted octanol–water partition coefficient (Wildman–Crippen LogP) is 2.77. The van der Waals surface area contributed by atoms with Gasteiger partial charge in [0.15, 0.2) is 16.7 Å². The summed E-state index contributed by atoms with van der Waals surface area (Å²) in [6, 6.07) is 10.3. The summed E-state index contributed by atoms with van der Waals surface area (Å²) in [6.45, 7) is 0. The van der Waals surface area contributed by atoms with Crippen molar-refractivity contribution in [1.82, 2.24) is 25.0 Å². The van der Waals surface area contributed by atoms with Crippen LogP contribution in [-0.4, -0.2) is 44.1 Å². The fourth-order valence-electron chi connectivity index (χ4n) is 2.46. The highest BCUT2D eigenvalue weighted by Gasteiger charge is 2.18. The normalized spacial score (nSPS) is 11.0. The Bertz CT molecular complexity index is 1090. The number of ketones is 1. The quantitative estimate of drug-likeness (QED) is 0.302. The zero-order valence-electron chi connectivity index (χ0n) is 13.9. The van der Waals surface area contributed by atoms with Gasteiger partial charge >= 0.3 is 0 Å². The molecule has 0 radical (unpaired) electrons. The zero-order chi connectivity index (χ0) is 18.1. The number of thioether (sulfide) groups is 1. The molecule has 0 fully saturated rings. The van der Waals surface area contributed by atoms with Gasteiger partial charge in [0.05, 0.1) is 18.9 Å². The van der Waals surface area contributed by atoms with E-state index in [4.69, 9.17) is 9.15 Å². The minimum Gasteiger partial charge on any atom is -0.497 e. The van der Waals surface area contributed by atoms with Crippen molar-refractivity contribution in [3.63, 3.8) is 0 Å². The number of benzene rings is 1. The number of rotatable bonds is 5. The van der Waals surface area contributed by atoms with Gasteiger partial charge in [-0.2, -0.15) is 4.68 Å². The minimum absolute atomic E-state index is 0.217. The molecular weight excluding hydrogens is 354 g/mol. The Kier molecular flexibility index (Phi) is 4.13. The van der Waals surface area contributed by atoms with Gasteiger partial charge in [-0.1, -0.05) is 17.0 Å². The van der Waals surface area contributed by atoms with Gasteiger partial charge in [-0.05, 0) is 30.5 Å². The minimum atomic E-state index is -0.319. The number of carbonyl (C=O) groups is 1. The summed E-state index contributed by atoms with van der Waals surface area (Å²) in [6.07, 6.45) is 3.29. The van der Waals surface area contributed by atoms with Crippen molar-refractivity contribution in [3.05, 3.63) is 54.1 Å². The number of furan rings is 1. The lowest BCUT2D eigenvalue weighted by Crippen LogP contribution is -2.09. The number of hydrogen-bond acceptors (Lipinski definition) is 8. The molecule has 0 unspecified atom stereocenters. The number of aromatic nitrogens is 5. The van der Waals surface area contributed by atoms with E-state index in [1.807, 2.05) is 18.4 Å². The van der Waals surface area contributed by atoms with E-state index in [1.165, 1.54) is 18.0 Å². The Morgan fingerprint density at radius 2 is 2.12 bits per heavy atom. The molecule has 4 rings (SSSR count). The largest absolute Gasteiger partial charge is 0.497 e. The molecule has 9 heteroatoms. The molecule has 0 bridgehead atoms. The highest BCUT2D eigenvalue weighted by atomic mass is 32.2. The lowest BCUT2D eigenvalue weighted by atomic mass is 10.2. The highest BCUT2D eigenvalue weighted by Crippen LogP contribution is 2.22. The highest BCUT2D eigenvalue weighted by molar-refractivity contribution is 7.98. The molecule has 0 atom stereocenters. The van der Waals surface area contributed by atoms with Crippen LogP contribution in [0, 0.1) is 0 Å². The first kappa shape index (κ1) is 16.3. The van der Waals surface area contributed by atoms with Crippen molar-refractivity contribution in [2.75, 3.05) is 13.4 Å². The number of carbonyl (C=O) groups excluding carboxylic acids is 1. The van der Waals surface area contributed by atoms with E-state index in [0.29, 0.717) is 22.2 Å². The summed E-state index contributed by atoms with van der Waals surface area (Å²) < 4.78 is 12.0. The Morgan fingerprint density at radius 3 is 2.85 bits per heavy atom. The van der Waals surface area contributed by atoms with Crippen LogP contribution in [0.25, 0.3) is 16.9 Å². The van der Waals surface area contributed by atoms with Crippen LogP contribution in [0.2, 0.25) is 0 Å². The van der Waals surface area contributed by atoms with Crippen LogP contribution in [-0.2, 0) is 0 Å². The Morgan fingerprint density at radius 1 is 1.23 bits per heavy atom. The second-order valence-corrected chi connectivity index (χ2v) is 6.03. The third kappa shape index (κ3) is 2.82. The number of methoxy groups -OCH3 is 1. The first-order chi connectivity index (χ1) is 12.7. The molecule has 8 nitrogen and oxygen atoms in total. The molecule has 4 aromatic rings. The lowest BCUT2D eigenvalue weighted by Gasteiger charge is -2.06. The molecule has 130 valence electrons. The van der Waals surface area contributed by atoms with Gasteiger partial charge in [0.2, 0.25) is 5.78 Å². The zero-order valence-corrected chi connectivity index (χ0v) is 14.7. The summed E-state index contributed by atoms with van der Waals surface area (Å²) in [5.74, 6) is 1.03. The van der Waals surface area contributed by atoms with Crippen molar-refractivity contribution >= 4 is 28.6 Å². The maximum absolute atomic E-state index is 12.6. The van der Waals surface area contributed by atoms with E-state index in [-0.39, 0.29) is 17.2 Å². The molecule has 0 aliphatic heterocycles. The molecule has 0 aliphatic carbocycles. The van der Waals surface area contributed by atoms with Crippen LogP contribution in [0.5, 0.6) is 5.75 Å². The lowest BCUT2D eigenvalue weighted by molar-refractivity contribution is 0.100.